The highest BCUT2D eigenvalue weighted by molar-refractivity contribution is 5.36. The second-order valence-corrected chi connectivity index (χ2v) is 4.27. The van der Waals surface area contributed by atoms with Crippen molar-refractivity contribution in [2.24, 2.45) is 7.05 Å². The van der Waals surface area contributed by atoms with Crippen molar-refractivity contribution >= 4 is 5.82 Å². The SMILES string of the molecule is Cc1cc(NC2CCCCC2)nn1C. The number of nitrogens with zero attached hydrogens (tertiary/aromatic N) is 2. The second-order valence-electron chi connectivity index (χ2n) is 4.27. The molecule has 0 unspecified atom stereocenters. The highest BCUT2D eigenvalue weighted by Gasteiger charge is 2.14. The van der Waals surface area contributed by atoms with Crippen LogP contribution in [0.2, 0.25) is 0 Å². The number of aryl methyl sites for hydroxylation is 2. The molecule has 0 bridgehead atoms. The number of nitrogens with one attached hydrogen (secondary N) is 1. The molecule has 1 saturated carbocycles. The quantitative estimate of drug-likeness (QED) is 0.782. The first-order chi connectivity index (χ1) is 6.75. The van der Waals surface area contributed by atoms with E-state index in [1.807, 2.05) is 11.7 Å². The fraction of sp³-hybridized carbons (Fsp3) is 0.727. The van der Waals surface area contributed by atoms with Gasteiger partial charge < -0.3 is 5.32 Å². The Bertz CT molecular complexity index is 278. The van der Waals surface area contributed by atoms with Crippen molar-refractivity contribution < 1.29 is 0 Å². The monoisotopic (exact) mass is 193 g/mol. The summed E-state index contributed by atoms with van der Waals surface area (Å²) in [5, 5.41) is 7.92. The number of aromatic nitrogens is 2. The lowest BCUT2D eigenvalue weighted by Crippen LogP contribution is -2.22. The lowest BCUT2D eigenvalue weighted by Gasteiger charge is -2.22. The van der Waals surface area contributed by atoms with Crippen LogP contribution >= 0.6 is 0 Å². The second kappa shape index (κ2) is 4.03. The number of hydrogen-bond acceptors (Lipinski definition) is 2. The molecule has 0 atom stereocenters. The zero-order valence-corrected chi connectivity index (χ0v) is 9.08. The van der Waals surface area contributed by atoms with Gasteiger partial charge in [0.15, 0.2) is 0 Å². The van der Waals surface area contributed by atoms with Crippen LogP contribution in [-0.2, 0) is 7.05 Å². The van der Waals surface area contributed by atoms with Crippen molar-refractivity contribution in [3.63, 3.8) is 0 Å². The first-order valence-electron chi connectivity index (χ1n) is 5.53. The van der Waals surface area contributed by atoms with Crippen molar-refractivity contribution in [1.82, 2.24) is 9.78 Å². The van der Waals surface area contributed by atoms with Crippen LogP contribution in [0.25, 0.3) is 0 Å². The predicted molar refractivity (Wildman–Crippen MR) is 58.4 cm³/mol. The van der Waals surface area contributed by atoms with Gasteiger partial charge in [-0.25, -0.2) is 0 Å². The van der Waals surface area contributed by atoms with Crippen LogP contribution in [0, 0.1) is 6.92 Å². The molecule has 0 saturated heterocycles. The van der Waals surface area contributed by atoms with Crippen molar-refractivity contribution in [3.8, 4) is 0 Å². The van der Waals surface area contributed by atoms with E-state index in [2.05, 4.69) is 23.4 Å². The standard InChI is InChI=1S/C11H19N3/c1-9-8-11(13-14(9)2)12-10-6-4-3-5-7-10/h8,10H,3-7H2,1-2H3,(H,12,13). The zero-order valence-electron chi connectivity index (χ0n) is 9.08. The van der Waals surface area contributed by atoms with Gasteiger partial charge in [0, 0.05) is 24.8 Å². The molecule has 3 heteroatoms. The van der Waals surface area contributed by atoms with Gasteiger partial charge in [0.25, 0.3) is 0 Å². The van der Waals surface area contributed by atoms with Gasteiger partial charge in [-0.2, -0.15) is 5.10 Å². The molecule has 1 heterocycles. The van der Waals surface area contributed by atoms with Gasteiger partial charge in [0.05, 0.1) is 0 Å². The normalized spacial score (nSPS) is 18.4. The summed E-state index contributed by atoms with van der Waals surface area (Å²) in [5.74, 6) is 1.04. The average molecular weight is 193 g/mol. The summed E-state index contributed by atoms with van der Waals surface area (Å²) in [7, 11) is 1.99. The highest BCUT2D eigenvalue weighted by Crippen LogP contribution is 2.21. The Morgan fingerprint density at radius 3 is 2.64 bits per heavy atom. The Balaban J connectivity index is 1.95. The molecular formula is C11H19N3. The van der Waals surface area contributed by atoms with Crippen molar-refractivity contribution in [3.05, 3.63) is 11.8 Å². The Hall–Kier alpha value is -0.990. The first kappa shape index (κ1) is 9.56. The minimum absolute atomic E-state index is 0.651. The largest absolute Gasteiger partial charge is 0.366 e. The van der Waals surface area contributed by atoms with Crippen LogP contribution in [-0.4, -0.2) is 15.8 Å². The van der Waals surface area contributed by atoms with Gasteiger partial charge in [0.2, 0.25) is 0 Å². The van der Waals surface area contributed by atoms with Crippen molar-refractivity contribution in [2.45, 2.75) is 45.1 Å². The third-order valence-electron chi connectivity index (χ3n) is 3.07. The lowest BCUT2D eigenvalue weighted by atomic mass is 9.95. The number of anilines is 1. The molecular weight excluding hydrogens is 174 g/mol. The topological polar surface area (TPSA) is 29.9 Å². The zero-order chi connectivity index (χ0) is 9.97. The number of hydrogen-bond donors (Lipinski definition) is 1. The molecule has 1 aromatic heterocycles. The summed E-state index contributed by atoms with van der Waals surface area (Å²) in [6.07, 6.45) is 6.73. The molecule has 3 nitrogen and oxygen atoms in total. The van der Waals surface area contributed by atoms with Gasteiger partial charge in [-0.15, -0.1) is 0 Å². The highest BCUT2D eigenvalue weighted by atomic mass is 15.3. The molecule has 1 aliphatic rings. The Morgan fingerprint density at radius 2 is 2.07 bits per heavy atom. The third kappa shape index (κ3) is 2.08. The maximum absolute atomic E-state index is 4.41. The van der Waals surface area contributed by atoms with Crippen LogP contribution in [0.15, 0.2) is 6.07 Å². The Labute approximate surface area is 85.5 Å². The van der Waals surface area contributed by atoms with E-state index in [1.54, 1.807) is 0 Å². The van der Waals surface area contributed by atoms with Gasteiger partial charge in [-0.1, -0.05) is 19.3 Å². The van der Waals surface area contributed by atoms with Gasteiger partial charge in [0.1, 0.15) is 5.82 Å². The molecule has 0 spiro atoms. The van der Waals surface area contributed by atoms with Gasteiger partial charge >= 0.3 is 0 Å². The van der Waals surface area contributed by atoms with Crippen LogP contribution in [0.1, 0.15) is 37.8 Å². The van der Waals surface area contributed by atoms with E-state index in [1.165, 1.54) is 37.8 Å². The van der Waals surface area contributed by atoms with Gasteiger partial charge in [-0.05, 0) is 19.8 Å². The molecule has 0 aliphatic heterocycles. The van der Waals surface area contributed by atoms with E-state index in [0.717, 1.165) is 5.82 Å². The summed E-state index contributed by atoms with van der Waals surface area (Å²) in [6.45, 7) is 2.08. The van der Waals surface area contributed by atoms with Gasteiger partial charge in [-0.3, -0.25) is 4.68 Å². The molecule has 14 heavy (non-hydrogen) atoms. The molecule has 0 aromatic carbocycles. The summed E-state index contributed by atoms with van der Waals surface area (Å²) in [4.78, 5) is 0. The van der Waals surface area contributed by atoms with Crippen molar-refractivity contribution in [1.29, 1.82) is 0 Å². The maximum atomic E-state index is 4.41. The van der Waals surface area contributed by atoms with Crippen LogP contribution in [0.4, 0.5) is 5.82 Å². The molecule has 78 valence electrons. The summed E-state index contributed by atoms with van der Waals surface area (Å²) < 4.78 is 1.92. The molecule has 0 amide bonds. The Morgan fingerprint density at radius 1 is 1.36 bits per heavy atom. The summed E-state index contributed by atoms with van der Waals surface area (Å²) in [5.41, 5.74) is 1.21. The van der Waals surface area contributed by atoms with Crippen LogP contribution in [0.5, 0.6) is 0 Å². The molecule has 2 rings (SSSR count). The fourth-order valence-corrected chi connectivity index (χ4v) is 2.09. The lowest BCUT2D eigenvalue weighted by molar-refractivity contribution is 0.461. The predicted octanol–water partition coefficient (Wildman–Crippen LogP) is 2.47. The maximum Gasteiger partial charge on any atom is 0.148 e. The Kier molecular flexibility index (Phi) is 2.75. The smallest absolute Gasteiger partial charge is 0.148 e. The molecule has 1 N–H and O–H groups in total. The first-order valence-corrected chi connectivity index (χ1v) is 5.53. The molecule has 1 aromatic rings. The van der Waals surface area contributed by atoms with E-state index >= 15 is 0 Å². The van der Waals surface area contributed by atoms with E-state index in [-0.39, 0.29) is 0 Å². The minimum atomic E-state index is 0.651. The fourth-order valence-electron chi connectivity index (χ4n) is 2.09. The van der Waals surface area contributed by atoms with Crippen LogP contribution in [0.3, 0.4) is 0 Å². The van der Waals surface area contributed by atoms with Crippen LogP contribution < -0.4 is 5.32 Å². The average Bonchev–Trinajstić information content (AvgIpc) is 2.47. The molecule has 1 fully saturated rings. The van der Waals surface area contributed by atoms with E-state index in [9.17, 15) is 0 Å². The van der Waals surface area contributed by atoms with E-state index < -0.39 is 0 Å². The number of rotatable bonds is 2. The summed E-state index contributed by atoms with van der Waals surface area (Å²) in [6, 6.07) is 2.77. The van der Waals surface area contributed by atoms with Crippen molar-refractivity contribution in [2.75, 3.05) is 5.32 Å². The van der Waals surface area contributed by atoms with E-state index in [0.29, 0.717) is 6.04 Å². The molecule has 1 aliphatic carbocycles. The summed E-state index contributed by atoms with van der Waals surface area (Å²) >= 11 is 0. The van der Waals surface area contributed by atoms with E-state index in [4.69, 9.17) is 0 Å². The molecule has 0 radical (unpaired) electrons. The minimum Gasteiger partial charge on any atom is -0.366 e. The third-order valence-corrected chi connectivity index (χ3v) is 3.07.